The molecule has 0 bridgehead atoms. The van der Waals surface area contributed by atoms with E-state index < -0.39 is 37.3 Å². The summed E-state index contributed by atoms with van der Waals surface area (Å²) in [6.45, 7) is -0.579. The maximum Gasteiger partial charge on any atom is 0.229 e. The fourth-order valence-corrected chi connectivity index (χ4v) is 3.86. The van der Waals surface area contributed by atoms with E-state index in [4.69, 9.17) is 28.4 Å². The van der Waals surface area contributed by atoms with E-state index in [0.717, 1.165) is 11.1 Å². The van der Waals surface area contributed by atoms with Gasteiger partial charge in [-0.05, 0) is 48.2 Å². The summed E-state index contributed by atoms with van der Waals surface area (Å²) in [7, 11) is 5.80. The van der Waals surface area contributed by atoms with Crippen molar-refractivity contribution >= 4 is 0 Å². The van der Waals surface area contributed by atoms with Crippen LogP contribution in [0, 0.1) is 0 Å². The van der Waals surface area contributed by atoms with Gasteiger partial charge in [0.05, 0.1) is 35.0 Å². The molecule has 3 rings (SSSR count). The molecule has 2 aromatic carbocycles. The number of rotatable bonds is 10. The summed E-state index contributed by atoms with van der Waals surface area (Å²) >= 11 is 0. The molecule has 0 aliphatic carbocycles. The van der Waals surface area contributed by atoms with E-state index in [1.807, 2.05) is 0 Å². The number of hydrogen-bond donors (Lipinski definition) is 5. The summed E-state index contributed by atoms with van der Waals surface area (Å²) in [6.07, 6.45) is -6.04. The molecule has 1 saturated heterocycles. The molecular weight excluding hydrogens is 464 g/mol. The molecule has 5 atom stereocenters. The molecule has 35 heavy (non-hydrogen) atoms. The van der Waals surface area contributed by atoms with E-state index in [1.165, 1.54) is 28.4 Å². The summed E-state index contributed by atoms with van der Waals surface area (Å²) in [4.78, 5) is 0. The second-order valence-corrected chi connectivity index (χ2v) is 7.99. The monoisotopic (exact) mass is 496 g/mol. The Bertz CT molecular complexity index is 943. The fourth-order valence-electron chi connectivity index (χ4n) is 3.86. The highest BCUT2D eigenvalue weighted by Crippen LogP contribution is 2.41. The Morgan fingerprint density at radius 3 is 1.60 bits per heavy atom. The number of benzene rings is 2. The molecule has 1 aliphatic heterocycles. The molecule has 0 saturated carbocycles. The Kier molecular flexibility index (Phi) is 8.87. The van der Waals surface area contributed by atoms with Gasteiger partial charge in [-0.2, -0.15) is 0 Å². The number of aryl methyl sites for hydroxylation is 2. The molecule has 11 heteroatoms. The lowest BCUT2D eigenvalue weighted by atomic mass is 9.99. The molecule has 1 heterocycles. The standard InChI is InChI=1S/C24H32O11/c1-30-14-7-12(8-15(31-2)19(14)26)5-6-13-9-16(32-3)23(17(10-13)33-4)35-24-22(29)21(28)20(27)18(11-25)34-24/h7-10,18,20-22,24-29H,5-6,11H2,1-4H3/t18-,20-,21+,22-,24+/m1/s1. The van der Waals surface area contributed by atoms with Crippen LogP contribution in [0.15, 0.2) is 24.3 Å². The minimum Gasteiger partial charge on any atom is -0.502 e. The number of methoxy groups -OCH3 is 4. The van der Waals surface area contributed by atoms with Crippen LogP contribution < -0.4 is 23.7 Å². The Labute approximate surface area is 203 Å². The molecule has 1 aliphatic rings. The predicted molar refractivity (Wildman–Crippen MR) is 123 cm³/mol. The SMILES string of the molecule is COc1cc(CCc2cc(OC)c(O[C@@H]3O[C@H](CO)[C@@H](O)[C@H](O)[C@H]3O)c(OC)c2)cc(OC)c1O. The van der Waals surface area contributed by atoms with Crippen molar-refractivity contribution in [3.05, 3.63) is 35.4 Å². The zero-order valence-electron chi connectivity index (χ0n) is 20.0. The van der Waals surface area contributed by atoms with Gasteiger partial charge in [0.2, 0.25) is 17.8 Å². The molecule has 0 spiro atoms. The number of ether oxygens (including phenoxy) is 6. The Morgan fingerprint density at radius 1 is 0.714 bits per heavy atom. The summed E-state index contributed by atoms with van der Waals surface area (Å²) in [5, 5.41) is 49.9. The summed E-state index contributed by atoms with van der Waals surface area (Å²) in [6, 6.07) is 6.92. The first-order valence-electron chi connectivity index (χ1n) is 10.9. The lowest BCUT2D eigenvalue weighted by Gasteiger charge is -2.39. The molecule has 0 radical (unpaired) electrons. The van der Waals surface area contributed by atoms with Gasteiger partial charge >= 0.3 is 0 Å². The molecule has 0 unspecified atom stereocenters. The third-order valence-electron chi connectivity index (χ3n) is 5.84. The molecule has 0 amide bonds. The van der Waals surface area contributed by atoms with Crippen LogP contribution in [0.2, 0.25) is 0 Å². The van der Waals surface area contributed by atoms with Crippen LogP contribution in [0.1, 0.15) is 11.1 Å². The van der Waals surface area contributed by atoms with Gasteiger partial charge in [0.25, 0.3) is 0 Å². The maximum atomic E-state index is 10.3. The topological polar surface area (TPSA) is 157 Å². The minimum atomic E-state index is -1.58. The van der Waals surface area contributed by atoms with Gasteiger partial charge in [0.1, 0.15) is 24.4 Å². The maximum absolute atomic E-state index is 10.3. The lowest BCUT2D eigenvalue weighted by molar-refractivity contribution is -0.277. The van der Waals surface area contributed by atoms with E-state index in [0.29, 0.717) is 24.3 Å². The van der Waals surface area contributed by atoms with Crippen molar-refractivity contribution in [1.82, 2.24) is 0 Å². The molecule has 2 aromatic rings. The van der Waals surface area contributed by atoms with Gasteiger partial charge in [-0.3, -0.25) is 0 Å². The Balaban J connectivity index is 1.83. The first kappa shape index (κ1) is 26.6. The number of aliphatic hydroxyl groups is 4. The molecule has 0 aromatic heterocycles. The summed E-state index contributed by atoms with van der Waals surface area (Å²) < 4.78 is 32.6. The quantitative estimate of drug-likeness (QED) is 0.310. The van der Waals surface area contributed by atoms with Gasteiger partial charge < -0.3 is 54.0 Å². The number of aliphatic hydroxyl groups excluding tert-OH is 4. The highest BCUT2D eigenvalue weighted by atomic mass is 16.7. The van der Waals surface area contributed by atoms with E-state index in [9.17, 15) is 25.5 Å². The fraction of sp³-hybridized carbons (Fsp3) is 0.500. The molecule has 5 N–H and O–H groups in total. The highest BCUT2D eigenvalue weighted by Gasteiger charge is 2.45. The second kappa shape index (κ2) is 11.6. The zero-order valence-corrected chi connectivity index (χ0v) is 20.0. The van der Waals surface area contributed by atoms with Crippen molar-refractivity contribution in [3.63, 3.8) is 0 Å². The van der Waals surface area contributed by atoms with Crippen molar-refractivity contribution in [2.75, 3.05) is 35.0 Å². The minimum absolute atomic E-state index is 0.0724. The molecular formula is C24H32O11. The van der Waals surface area contributed by atoms with Crippen LogP contribution in [-0.2, 0) is 17.6 Å². The van der Waals surface area contributed by atoms with Gasteiger partial charge in [-0.15, -0.1) is 0 Å². The van der Waals surface area contributed by atoms with Gasteiger partial charge in [0, 0.05) is 0 Å². The Morgan fingerprint density at radius 2 is 1.17 bits per heavy atom. The normalized spacial score (nSPS) is 24.1. The average Bonchev–Trinajstić information content (AvgIpc) is 2.88. The third-order valence-corrected chi connectivity index (χ3v) is 5.84. The van der Waals surface area contributed by atoms with Crippen molar-refractivity contribution in [3.8, 4) is 34.5 Å². The van der Waals surface area contributed by atoms with Crippen LogP contribution in [0.4, 0.5) is 0 Å². The van der Waals surface area contributed by atoms with Gasteiger partial charge in [0.15, 0.2) is 23.0 Å². The zero-order chi connectivity index (χ0) is 25.7. The predicted octanol–water partition coefficient (Wildman–Crippen LogP) is 0.390. The molecule has 194 valence electrons. The molecule has 1 fully saturated rings. The number of hydrogen-bond acceptors (Lipinski definition) is 11. The Hall–Kier alpha value is -2.96. The summed E-state index contributed by atoms with van der Waals surface area (Å²) in [5.74, 6) is 1.23. The largest absolute Gasteiger partial charge is 0.502 e. The van der Waals surface area contributed by atoms with Crippen molar-refractivity contribution in [1.29, 1.82) is 0 Å². The highest BCUT2D eigenvalue weighted by molar-refractivity contribution is 5.55. The van der Waals surface area contributed by atoms with Crippen molar-refractivity contribution < 1.29 is 54.0 Å². The van der Waals surface area contributed by atoms with Crippen LogP contribution in [0.5, 0.6) is 34.5 Å². The number of phenolic OH excluding ortho intramolecular Hbond substituents is 1. The van der Waals surface area contributed by atoms with Crippen molar-refractivity contribution in [2.45, 2.75) is 43.5 Å². The number of aromatic hydroxyl groups is 1. The van der Waals surface area contributed by atoms with Crippen LogP contribution in [-0.4, -0.2) is 91.3 Å². The van der Waals surface area contributed by atoms with Crippen molar-refractivity contribution in [2.24, 2.45) is 0 Å². The van der Waals surface area contributed by atoms with E-state index >= 15 is 0 Å². The van der Waals surface area contributed by atoms with Crippen LogP contribution in [0.25, 0.3) is 0 Å². The second-order valence-electron chi connectivity index (χ2n) is 7.99. The van der Waals surface area contributed by atoms with Crippen LogP contribution >= 0.6 is 0 Å². The van der Waals surface area contributed by atoms with E-state index in [-0.39, 0.29) is 23.0 Å². The van der Waals surface area contributed by atoms with Crippen LogP contribution in [0.3, 0.4) is 0 Å². The first-order valence-corrected chi connectivity index (χ1v) is 10.9. The van der Waals surface area contributed by atoms with Gasteiger partial charge in [-0.1, -0.05) is 0 Å². The first-order chi connectivity index (χ1) is 16.8. The third kappa shape index (κ3) is 5.65. The molecule has 11 nitrogen and oxygen atoms in total. The average molecular weight is 497 g/mol. The van der Waals surface area contributed by atoms with Gasteiger partial charge in [-0.25, -0.2) is 0 Å². The summed E-state index contributed by atoms with van der Waals surface area (Å²) in [5.41, 5.74) is 1.71. The van der Waals surface area contributed by atoms with E-state index in [1.54, 1.807) is 24.3 Å². The van der Waals surface area contributed by atoms with E-state index in [2.05, 4.69) is 0 Å². The number of phenols is 1. The lowest BCUT2D eigenvalue weighted by Crippen LogP contribution is -2.60. The smallest absolute Gasteiger partial charge is 0.229 e.